The highest BCUT2D eigenvalue weighted by atomic mass is 32.1. The molecule has 0 bridgehead atoms. The van der Waals surface area contributed by atoms with Crippen molar-refractivity contribution >= 4 is 34.0 Å². The van der Waals surface area contributed by atoms with Gasteiger partial charge in [-0.25, -0.2) is 4.79 Å². The smallest absolute Gasteiger partial charge is 0.415 e. The standard InChI is InChI=1S/C27H36N2O4S/c1-8-9-14-32-23-21-16-19(22-11-10-15-34-22)12-13-20(21)25(30)29(17-18(2)3)24(23)28(7)26(31)33-27(4,5)6/h10-13,15-16,18H,8-9,14,17H2,1-7H3. The third kappa shape index (κ3) is 5.81. The second-order valence-corrected chi connectivity index (χ2v) is 10.9. The van der Waals surface area contributed by atoms with Gasteiger partial charge >= 0.3 is 6.09 Å². The predicted octanol–water partition coefficient (Wildman–Crippen LogP) is 6.94. The summed E-state index contributed by atoms with van der Waals surface area (Å²) in [6.45, 7) is 12.6. The number of carbonyl (C=O) groups excluding carboxylic acids is 1. The van der Waals surface area contributed by atoms with E-state index in [9.17, 15) is 9.59 Å². The Balaban J connectivity index is 2.31. The molecule has 2 aromatic heterocycles. The molecule has 0 aliphatic carbocycles. The first kappa shape index (κ1) is 25.8. The van der Waals surface area contributed by atoms with Crippen molar-refractivity contribution in [1.29, 1.82) is 0 Å². The van der Waals surface area contributed by atoms with E-state index in [0.29, 0.717) is 35.5 Å². The van der Waals surface area contributed by atoms with Gasteiger partial charge in [-0.15, -0.1) is 11.3 Å². The minimum atomic E-state index is -0.666. The molecule has 6 nitrogen and oxygen atoms in total. The van der Waals surface area contributed by atoms with Gasteiger partial charge in [-0.3, -0.25) is 14.3 Å². The van der Waals surface area contributed by atoms with Crippen LogP contribution in [0.3, 0.4) is 0 Å². The molecule has 0 aliphatic heterocycles. The number of pyridine rings is 1. The van der Waals surface area contributed by atoms with Gasteiger partial charge in [0.15, 0.2) is 11.6 Å². The number of fused-ring (bicyclic) bond motifs is 1. The molecule has 0 saturated heterocycles. The van der Waals surface area contributed by atoms with E-state index in [2.05, 4.69) is 13.0 Å². The highest BCUT2D eigenvalue weighted by Gasteiger charge is 2.28. The second-order valence-electron chi connectivity index (χ2n) is 9.94. The van der Waals surface area contributed by atoms with Crippen molar-refractivity contribution in [3.05, 3.63) is 46.1 Å². The number of hydrogen-bond donors (Lipinski definition) is 0. The van der Waals surface area contributed by atoms with E-state index in [0.717, 1.165) is 23.3 Å². The molecule has 3 aromatic rings. The first-order valence-electron chi connectivity index (χ1n) is 11.9. The van der Waals surface area contributed by atoms with Gasteiger partial charge in [0.25, 0.3) is 5.56 Å². The third-order valence-electron chi connectivity index (χ3n) is 5.28. The van der Waals surface area contributed by atoms with Crippen molar-refractivity contribution in [3.63, 3.8) is 0 Å². The number of rotatable bonds is 8. The lowest BCUT2D eigenvalue weighted by Crippen LogP contribution is -2.38. The van der Waals surface area contributed by atoms with E-state index in [1.54, 1.807) is 23.0 Å². The Morgan fingerprint density at radius 2 is 1.91 bits per heavy atom. The zero-order chi connectivity index (χ0) is 25.0. The molecule has 3 rings (SSSR count). The minimum absolute atomic E-state index is 0.144. The third-order valence-corrected chi connectivity index (χ3v) is 6.20. The number of anilines is 1. The van der Waals surface area contributed by atoms with Crippen molar-refractivity contribution in [1.82, 2.24) is 4.57 Å². The van der Waals surface area contributed by atoms with Crippen LogP contribution in [0.5, 0.6) is 5.75 Å². The fourth-order valence-electron chi connectivity index (χ4n) is 3.74. The van der Waals surface area contributed by atoms with E-state index in [1.165, 1.54) is 4.90 Å². The summed E-state index contributed by atoms with van der Waals surface area (Å²) in [6, 6.07) is 9.90. The van der Waals surface area contributed by atoms with Crippen LogP contribution in [0.2, 0.25) is 0 Å². The first-order valence-corrected chi connectivity index (χ1v) is 12.8. The first-order chi connectivity index (χ1) is 16.0. The molecule has 1 amide bonds. The number of ether oxygens (including phenoxy) is 2. The maximum atomic E-state index is 13.7. The van der Waals surface area contributed by atoms with Crippen molar-refractivity contribution in [3.8, 4) is 16.2 Å². The zero-order valence-electron chi connectivity index (χ0n) is 21.3. The van der Waals surface area contributed by atoms with E-state index in [-0.39, 0.29) is 11.5 Å². The van der Waals surface area contributed by atoms with Gasteiger partial charge in [-0.1, -0.05) is 39.3 Å². The monoisotopic (exact) mass is 484 g/mol. The van der Waals surface area contributed by atoms with E-state index in [1.807, 2.05) is 64.3 Å². The van der Waals surface area contributed by atoms with Crippen LogP contribution in [0.15, 0.2) is 40.5 Å². The number of thiophene rings is 1. The highest BCUT2D eigenvalue weighted by molar-refractivity contribution is 7.13. The molecule has 0 atom stereocenters. The van der Waals surface area contributed by atoms with E-state index < -0.39 is 11.7 Å². The van der Waals surface area contributed by atoms with Gasteiger partial charge in [0.05, 0.1) is 12.0 Å². The summed E-state index contributed by atoms with van der Waals surface area (Å²) >= 11 is 1.64. The molecule has 0 radical (unpaired) electrons. The second kappa shape index (κ2) is 10.6. The van der Waals surface area contributed by atoms with Gasteiger partial charge in [0.2, 0.25) is 0 Å². The number of hydrogen-bond acceptors (Lipinski definition) is 5. The molecule has 1 aromatic carbocycles. The number of aromatic nitrogens is 1. The lowest BCUT2D eigenvalue weighted by Gasteiger charge is -2.29. The molecule has 0 unspecified atom stereocenters. The topological polar surface area (TPSA) is 60.8 Å². The SMILES string of the molecule is CCCCOc1c(N(C)C(=O)OC(C)(C)C)n(CC(C)C)c(=O)c2ccc(-c3cccs3)cc12. The fourth-order valence-corrected chi connectivity index (χ4v) is 4.47. The minimum Gasteiger partial charge on any atom is -0.489 e. The summed E-state index contributed by atoms with van der Waals surface area (Å²) in [5.41, 5.74) is 0.199. The number of benzene rings is 1. The molecule has 184 valence electrons. The largest absolute Gasteiger partial charge is 0.489 e. The summed E-state index contributed by atoms with van der Waals surface area (Å²) in [5.74, 6) is 1.16. The maximum absolute atomic E-state index is 13.7. The van der Waals surface area contributed by atoms with Crippen molar-refractivity contribution in [2.75, 3.05) is 18.6 Å². The Labute approximate surface area is 206 Å². The van der Waals surface area contributed by atoms with E-state index in [4.69, 9.17) is 9.47 Å². The molecule has 2 heterocycles. The fraction of sp³-hybridized carbons (Fsp3) is 0.481. The Kier molecular flexibility index (Phi) is 8.08. The van der Waals surface area contributed by atoms with Crippen molar-refractivity contribution < 1.29 is 14.3 Å². The zero-order valence-corrected chi connectivity index (χ0v) is 22.1. The van der Waals surface area contributed by atoms with Crippen molar-refractivity contribution in [2.24, 2.45) is 5.92 Å². The molecule has 34 heavy (non-hydrogen) atoms. The van der Waals surface area contributed by atoms with Crippen LogP contribution in [-0.2, 0) is 11.3 Å². The van der Waals surface area contributed by atoms with Crippen LogP contribution in [0.4, 0.5) is 10.6 Å². The average molecular weight is 485 g/mol. The van der Waals surface area contributed by atoms with Gasteiger partial charge in [-0.05, 0) is 62.3 Å². The number of nitrogens with zero attached hydrogens (tertiary/aromatic N) is 2. The maximum Gasteiger partial charge on any atom is 0.415 e. The summed E-state index contributed by atoms with van der Waals surface area (Å²) in [7, 11) is 1.64. The molecule has 0 aliphatic rings. The number of unbranched alkanes of at least 4 members (excludes halogenated alkanes) is 1. The molecule has 7 heteroatoms. The average Bonchev–Trinajstić information content (AvgIpc) is 3.29. The number of amides is 1. The summed E-state index contributed by atoms with van der Waals surface area (Å²) in [4.78, 5) is 29.3. The van der Waals surface area contributed by atoms with Crippen LogP contribution in [0.1, 0.15) is 54.4 Å². The normalized spacial score (nSPS) is 11.8. The molecular weight excluding hydrogens is 448 g/mol. The summed E-state index contributed by atoms with van der Waals surface area (Å²) < 4.78 is 13.6. The quantitative estimate of drug-likeness (QED) is 0.325. The van der Waals surface area contributed by atoms with Crippen LogP contribution in [-0.4, -0.2) is 29.9 Å². The van der Waals surface area contributed by atoms with Gasteiger partial charge in [0.1, 0.15) is 5.60 Å². The van der Waals surface area contributed by atoms with Crippen molar-refractivity contribution in [2.45, 2.75) is 66.5 Å². The molecule has 0 spiro atoms. The predicted molar refractivity (Wildman–Crippen MR) is 141 cm³/mol. The Morgan fingerprint density at radius 3 is 2.50 bits per heavy atom. The molecule has 0 N–H and O–H groups in total. The Bertz CT molecular complexity index is 1190. The summed E-state index contributed by atoms with van der Waals surface area (Å²) in [5, 5.41) is 3.31. The molecule has 0 fully saturated rings. The Hall–Kier alpha value is -2.80. The lowest BCUT2D eigenvalue weighted by atomic mass is 10.1. The number of carbonyl (C=O) groups is 1. The van der Waals surface area contributed by atoms with Crippen LogP contribution in [0, 0.1) is 5.92 Å². The van der Waals surface area contributed by atoms with E-state index >= 15 is 0 Å². The molecular formula is C27H36N2O4S. The van der Waals surface area contributed by atoms with Gasteiger partial charge in [0, 0.05) is 23.9 Å². The summed E-state index contributed by atoms with van der Waals surface area (Å²) in [6.07, 6.45) is 1.31. The lowest BCUT2D eigenvalue weighted by molar-refractivity contribution is 0.0585. The molecule has 0 saturated carbocycles. The Morgan fingerprint density at radius 1 is 1.18 bits per heavy atom. The highest BCUT2D eigenvalue weighted by Crippen LogP contribution is 2.38. The van der Waals surface area contributed by atoms with Crippen LogP contribution in [0.25, 0.3) is 21.2 Å². The van der Waals surface area contributed by atoms with Gasteiger partial charge < -0.3 is 9.47 Å². The van der Waals surface area contributed by atoms with Crippen LogP contribution >= 0.6 is 11.3 Å². The van der Waals surface area contributed by atoms with Crippen LogP contribution < -0.4 is 15.2 Å². The van der Waals surface area contributed by atoms with Gasteiger partial charge in [-0.2, -0.15) is 0 Å².